The minimum absolute atomic E-state index is 0.0396. The highest BCUT2D eigenvalue weighted by molar-refractivity contribution is 8.01. The minimum Gasteiger partial charge on any atom is -0.324 e. The molecule has 1 heterocycles. The van der Waals surface area contributed by atoms with Crippen molar-refractivity contribution in [3.05, 3.63) is 35.7 Å². The number of hydrogen-bond acceptors (Lipinski definition) is 5. The van der Waals surface area contributed by atoms with Crippen LogP contribution in [0.1, 0.15) is 24.4 Å². The molecule has 1 aromatic heterocycles. The maximum absolute atomic E-state index is 5.93. The number of benzene rings is 1. The van der Waals surface area contributed by atoms with Crippen molar-refractivity contribution in [2.24, 2.45) is 5.73 Å². The third kappa shape index (κ3) is 2.61. The number of aryl methyl sites for hydroxylation is 1. The lowest BCUT2D eigenvalue weighted by atomic mass is 10.1. The maximum atomic E-state index is 5.93. The Kier molecular flexibility index (Phi) is 3.58. The third-order valence-electron chi connectivity index (χ3n) is 2.12. The fourth-order valence-electron chi connectivity index (χ4n) is 1.36. The molecular formula is C11H13N3S2. The van der Waals surface area contributed by atoms with E-state index < -0.39 is 0 Å². The second kappa shape index (κ2) is 4.95. The van der Waals surface area contributed by atoms with Crippen molar-refractivity contribution in [3.63, 3.8) is 0 Å². The molecule has 0 aliphatic carbocycles. The average Bonchev–Trinajstić information content (AvgIpc) is 2.64. The minimum atomic E-state index is 0.0396. The van der Waals surface area contributed by atoms with Crippen molar-refractivity contribution in [2.75, 3.05) is 0 Å². The lowest BCUT2D eigenvalue weighted by Crippen LogP contribution is -2.05. The molecule has 0 aliphatic heterocycles. The monoisotopic (exact) mass is 251 g/mol. The first-order valence-corrected chi connectivity index (χ1v) is 6.58. The zero-order chi connectivity index (χ0) is 11.5. The van der Waals surface area contributed by atoms with E-state index in [1.54, 1.807) is 11.8 Å². The summed E-state index contributed by atoms with van der Waals surface area (Å²) >= 11 is 3.05. The van der Waals surface area contributed by atoms with Gasteiger partial charge in [-0.05, 0) is 37.0 Å². The van der Waals surface area contributed by atoms with E-state index in [4.69, 9.17) is 5.73 Å². The lowest BCUT2D eigenvalue weighted by Gasteiger charge is -2.10. The van der Waals surface area contributed by atoms with Crippen molar-refractivity contribution in [1.82, 2.24) is 9.36 Å². The maximum Gasteiger partial charge on any atom is 0.174 e. The predicted molar refractivity (Wildman–Crippen MR) is 67.8 cm³/mol. The molecule has 0 amide bonds. The molecule has 1 aromatic carbocycles. The summed E-state index contributed by atoms with van der Waals surface area (Å²) < 4.78 is 5.13. The van der Waals surface area contributed by atoms with Gasteiger partial charge in [-0.2, -0.15) is 4.37 Å². The molecule has 0 fully saturated rings. The summed E-state index contributed by atoms with van der Waals surface area (Å²) in [5.74, 6) is 0.825. The molecule has 0 unspecified atom stereocenters. The second-order valence-corrected chi connectivity index (χ2v) is 5.58. The average molecular weight is 251 g/mol. The van der Waals surface area contributed by atoms with Gasteiger partial charge in [-0.1, -0.05) is 30.0 Å². The van der Waals surface area contributed by atoms with E-state index in [1.165, 1.54) is 11.5 Å². The van der Waals surface area contributed by atoms with E-state index in [1.807, 2.05) is 26.0 Å². The van der Waals surface area contributed by atoms with Gasteiger partial charge in [0, 0.05) is 10.9 Å². The highest BCUT2D eigenvalue weighted by atomic mass is 32.2. The molecule has 84 valence electrons. The van der Waals surface area contributed by atoms with Gasteiger partial charge in [0.15, 0.2) is 4.34 Å². The zero-order valence-corrected chi connectivity index (χ0v) is 10.8. The SMILES string of the molecule is Cc1nsc(Sc2ccccc2[C@@H](C)N)n1. The summed E-state index contributed by atoms with van der Waals surface area (Å²) in [5, 5.41) is 0. The highest BCUT2D eigenvalue weighted by Crippen LogP contribution is 2.33. The van der Waals surface area contributed by atoms with Crippen LogP contribution in [0.2, 0.25) is 0 Å². The Hall–Kier alpha value is -0.910. The Morgan fingerprint density at radius 1 is 1.38 bits per heavy atom. The molecule has 0 bridgehead atoms. The normalized spacial score (nSPS) is 12.7. The first-order chi connectivity index (χ1) is 7.66. The summed E-state index contributed by atoms with van der Waals surface area (Å²) in [6, 6.07) is 8.19. The number of nitrogens with zero attached hydrogens (tertiary/aromatic N) is 2. The fraction of sp³-hybridized carbons (Fsp3) is 0.273. The summed E-state index contributed by atoms with van der Waals surface area (Å²) in [6.07, 6.45) is 0. The van der Waals surface area contributed by atoms with Gasteiger partial charge in [0.05, 0.1) is 0 Å². The quantitative estimate of drug-likeness (QED) is 0.911. The van der Waals surface area contributed by atoms with Crippen LogP contribution in [0.5, 0.6) is 0 Å². The zero-order valence-electron chi connectivity index (χ0n) is 9.18. The van der Waals surface area contributed by atoms with Gasteiger partial charge >= 0.3 is 0 Å². The smallest absolute Gasteiger partial charge is 0.174 e. The number of aromatic nitrogens is 2. The molecule has 0 spiro atoms. The molecule has 0 radical (unpaired) electrons. The molecule has 3 nitrogen and oxygen atoms in total. The first-order valence-electron chi connectivity index (χ1n) is 4.99. The molecule has 0 saturated carbocycles. The van der Waals surface area contributed by atoms with E-state index in [-0.39, 0.29) is 6.04 Å². The van der Waals surface area contributed by atoms with E-state index in [0.29, 0.717) is 0 Å². The molecule has 16 heavy (non-hydrogen) atoms. The van der Waals surface area contributed by atoms with E-state index in [9.17, 15) is 0 Å². The summed E-state index contributed by atoms with van der Waals surface area (Å²) in [7, 11) is 0. The standard InChI is InChI=1S/C11H13N3S2/c1-7(12)9-5-3-4-6-10(9)15-11-13-8(2)14-16-11/h3-7H,12H2,1-2H3/t7-/m1/s1. The van der Waals surface area contributed by atoms with E-state index in [0.717, 1.165) is 20.6 Å². The van der Waals surface area contributed by atoms with Gasteiger partial charge in [-0.3, -0.25) is 0 Å². The number of rotatable bonds is 3. The van der Waals surface area contributed by atoms with Gasteiger partial charge in [-0.25, -0.2) is 4.98 Å². The van der Waals surface area contributed by atoms with Crippen LogP contribution in [-0.2, 0) is 0 Å². The number of nitrogens with two attached hydrogens (primary N) is 1. The van der Waals surface area contributed by atoms with Crippen LogP contribution in [0.15, 0.2) is 33.5 Å². The Bertz CT molecular complexity index is 480. The first kappa shape index (κ1) is 11.6. The van der Waals surface area contributed by atoms with Gasteiger partial charge in [-0.15, -0.1) is 0 Å². The molecule has 2 N–H and O–H groups in total. The van der Waals surface area contributed by atoms with E-state index >= 15 is 0 Å². The second-order valence-electron chi connectivity index (χ2n) is 3.54. The summed E-state index contributed by atoms with van der Waals surface area (Å²) in [5.41, 5.74) is 7.08. The van der Waals surface area contributed by atoms with Crippen LogP contribution in [0.4, 0.5) is 0 Å². The Morgan fingerprint density at radius 3 is 2.75 bits per heavy atom. The Morgan fingerprint density at radius 2 is 2.12 bits per heavy atom. The van der Waals surface area contributed by atoms with Crippen LogP contribution >= 0.6 is 23.3 Å². The largest absolute Gasteiger partial charge is 0.324 e. The van der Waals surface area contributed by atoms with Gasteiger partial charge in [0.2, 0.25) is 0 Å². The van der Waals surface area contributed by atoms with Crippen LogP contribution in [0, 0.1) is 6.92 Å². The summed E-state index contributed by atoms with van der Waals surface area (Å²) in [4.78, 5) is 5.50. The van der Waals surface area contributed by atoms with E-state index in [2.05, 4.69) is 21.5 Å². The van der Waals surface area contributed by atoms with Crippen molar-refractivity contribution in [1.29, 1.82) is 0 Å². The fourth-order valence-corrected chi connectivity index (χ4v) is 3.20. The Labute approximate surface area is 103 Å². The predicted octanol–water partition coefficient (Wildman–Crippen LogP) is 3.02. The van der Waals surface area contributed by atoms with Gasteiger partial charge in [0.25, 0.3) is 0 Å². The molecule has 0 saturated heterocycles. The molecule has 5 heteroatoms. The Balaban J connectivity index is 2.27. The van der Waals surface area contributed by atoms with Crippen molar-refractivity contribution < 1.29 is 0 Å². The lowest BCUT2D eigenvalue weighted by molar-refractivity contribution is 0.797. The summed E-state index contributed by atoms with van der Waals surface area (Å²) in [6.45, 7) is 3.89. The molecular weight excluding hydrogens is 238 g/mol. The van der Waals surface area contributed by atoms with Crippen molar-refractivity contribution in [2.45, 2.75) is 29.1 Å². The van der Waals surface area contributed by atoms with Gasteiger partial charge < -0.3 is 5.73 Å². The molecule has 1 atom stereocenters. The van der Waals surface area contributed by atoms with Crippen LogP contribution in [0.25, 0.3) is 0 Å². The topological polar surface area (TPSA) is 51.8 Å². The van der Waals surface area contributed by atoms with Gasteiger partial charge in [0.1, 0.15) is 5.82 Å². The number of hydrogen-bond donors (Lipinski definition) is 1. The molecule has 2 aromatic rings. The van der Waals surface area contributed by atoms with Crippen LogP contribution in [-0.4, -0.2) is 9.36 Å². The molecule has 0 aliphatic rings. The van der Waals surface area contributed by atoms with Crippen LogP contribution < -0.4 is 5.73 Å². The highest BCUT2D eigenvalue weighted by Gasteiger charge is 2.09. The third-order valence-corrected chi connectivity index (χ3v) is 4.05. The molecule has 2 rings (SSSR count). The van der Waals surface area contributed by atoms with Crippen LogP contribution in [0.3, 0.4) is 0 Å². The van der Waals surface area contributed by atoms with Crippen molar-refractivity contribution >= 4 is 23.3 Å². The van der Waals surface area contributed by atoms with Crippen molar-refractivity contribution in [3.8, 4) is 0 Å².